The minimum absolute atomic E-state index is 0.388. The summed E-state index contributed by atoms with van der Waals surface area (Å²) in [6, 6.07) is 11.0. The summed E-state index contributed by atoms with van der Waals surface area (Å²) >= 11 is 1.87. The molecule has 3 heteroatoms. The second kappa shape index (κ2) is 6.76. The Bertz CT molecular complexity index is 493. The summed E-state index contributed by atoms with van der Waals surface area (Å²) in [4.78, 5) is 4.54. The second-order valence-electron chi connectivity index (χ2n) is 4.38. The van der Waals surface area contributed by atoms with Crippen LogP contribution < -0.4 is 5.32 Å². The Morgan fingerprint density at radius 1 is 1.28 bits per heavy atom. The molecule has 18 heavy (non-hydrogen) atoms. The lowest BCUT2D eigenvalue weighted by Gasteiger charge is -2.19. The van der Waals surface area contributed by atoms with Crippen molar-refractivity contribution in [3.8, 4) is 0 Å². The van der Waals surface area contributed by atoms with Gasteiger partial charge in [-0.15, -0.1) is 0 Å². The molecule has 0 saturated carbocycles. The highest BCUT2D eigenvalue weighted by Crippen LogP contribution is 2.24. The smallest absolute Gasteiger partial charge is 0.0750 e. The van der Waals surface area contributed by atoms with E-state index in [1.807, 2.05) is 24.0 Å². The summed E-state index contributed by atoms with van der Waals surface area (Å²) in [5.41, 5.74) is 2.44. The third-order valence-electron chi connectivity index (χ3n) is 3.01. The summed E-state index contributed by atoms with van der Waals surface area (Å²) in [5.74, 6) is 1.08. The van der Waals surface area contributed by atoms with Gasteiger partial charge in [0, 0.05) is 23.4 Å². The number of hydrogen-bond donors (Lipinski definition) is 1. The van der Waals surface area contributed by atoms with Crippen LogP contribution in [0.25, 0.3) is 10.9 Å². The van der Waals surface area contributed by atoms with E-state index in [4.69, 9.17) is 0 Å². The van der Waals surface area contributed by atoms with Gasteiger partial charge in [-0.1, -0.05) is 31.2 Å². The molecule has 1 N–H and O–H groups in total. The standard InChI is InChI=1S/C15H20N2S/c1-3-9-16-14(11-18-2)13-8-4-6-12-7-5-10-17-15(12)13/h4-8,10,14,16H,3,9,11H2,1-2H3. The largest absolute Gasteiger partial charge is 0.309 e. The van der Waals surface area contributed by atoms with E-state index in [-0.39, 0.29) is 0 Å². The third kappa shape index (κ3) is 3.03. The molecule has 2 aromatic rings. The SMILES string of the molecule is CCCNC(CSC)c1cccc2cccnc12. The highest BCUT2D eigenvalue weighted by atomic mass is 32.2. The van der Waals surface area contributed by atoms with Gasteiger partial charge in [0.2, 0.25) is 0 Å². The predicted molar refractivity (Wildman–Crippen MR) is 81.2 cm³/mol. The van der Waals surface area contributed by atoms with E-state index in [1.54, 1.807) is 0 Å². The first-order valence-corrected chi connectivity index (χ1v) is 7.82. The molecule has 96 valence electrons. The zero-order chi connectivity index (χ0) is 12.8. The summed E-state index contributed by atoms with van der Waals surface area (Å²) < 4.78 is 0. The fourth-order valence-corrected chi connectivity index (χ4v) is 2.78. The number of thioether (sulfide) groups is 1. The average Bonchev–Trinajstić information content (AvgIpc) is 2.43. The zero-order valence-corrected chi connectivity index (χ0v) is 11.8. The van der Waals surface area contributed by atoms with Crippen molar-refractivity contribution < 1.29 is 0 Å². The van der Waals surface area contributed by atoms with Gasteiger partial charge in [0.25, 0.3) is 0 Å². The van der Waals surface area contributed by atoms with Crippen molar-refractivity contribution in [1.82, 2.24) is 10.3 Å². The van der Waals surface area contributed by atoms with Gasteiger partial charge in [-0.25, -0.2) is 0 Å². The van der Waals surface area contributed by atoms with E-state index < -0.39 is 0 Å². The summed E-state index contributed by atoms with van der Waals surface area (Å²) in [6.07, 6.45) is 5.18. The number of benzene rings is 1. The van der Waals surface area contributed by atoms with E-state index >= 15 is 0 Å². The number of pyridine rings is 1. The van der Waals surface area contributed by atoms with Crippen molar-refractivity contribution in [2.45, 2.75) is 19.4 Å². The molecule has 2 rings (SSSR count). The second-order valence-corrected chi connectivity index (χ2v) is 5.30. The molecule has 1 unspecified atom stereocenters. The van der Waals surface area contributed by atoms with Crippen LogP contribution in [0.5, 0.6) is 0 Å². The number of nitrogens with one attached hydrogen (secondary N) is 1. The molecule has 0 aliphatic heterocycles. The van der Waals surface area contributed by atoms with Crippen molar-refractivity contribution in [3.63, 3.8) is 0 Å². The predicted octanol–water partition coefficient (Wildman–Crippen LogP) is 3.64. The van der Waals surface area contributed by atoms with Crippen LogP contribution in [0.1, 0.15) is 24.9 Å². The van der Waals surface area contributed by atoms with Gasteiger partial charge in [-0.3, -0.25) is 4.98 Å². The quantitative estimate of drug-likeness (QED) is 0.858. The van der Waals surface area contributed by atoms with Gasteiger partial charge in [0.15, 0.2) is 0 Å². The molecule has 1 heterocycles. The molecule has 0 fully saturated rings. The van der Waals surface area contributed by atoms with Gasteiger partial charge in [0.05, 0.1) is 5.52 Å². The van der Waals surface area contributed by atoms with Gasteiger partial charge in [0.1, 0.15) is 0 Å². The molecule has 1 aromatic heterocycles. The van der Waals surface area contributed by atoms with Crippen LogP contribution in [0.15, 0.2) is 36.5 Å². The minimum Gasteiger partial charge on any atom is -0.309 e. The fraction of sp³-hybridized carbons (Fsp3) is 0.400. The number of para-hydroxylation sites is 1. The molecule has 0 bridgehead atoms. The van der Waals surface area contributed by atoms with Crippen LogP contribution in [0, 0.1) is 0 Å². The molecule has 0 amide bonds. The van der Waals surface area contributed by atoms with E-state index in [2.05, 4.69) is 47.7 Å². The topological polar surface area (TPSA) is 24.9 Å². The Balaban J connectivity index is 2.36. The van der Waals surface area contributed by atoms with Gasteiger partial charge >= 0.3 is 0 Å². The monoisotopic (exact) mass is 260 g/mol. The minimum atomic E-state index is 0.388. The molecular weight excluding hydrogens is 240 g/mol. The van der Waals surface area contributed by atoms with E-state index in [9.17, 15) is 0 Å². The zero-order valence-electron chi connectivity index (χ0n) is 11.0. The maximum Gasteiger partial charge on any atom is 0.0750 e. The third-order valence-corrected chi connectivity index (χ3v) is 3.68. The first kappa shape index (κ1) is 13.4. The van der Waals surface area contributed by atoms with E-state index in [0.29, 0.717) is 6.04 Å². The van der Waals surface area contributed by atoms with Crippen LogP contribution in [-0.2, 0) is 0 Å². The van der Waals surface area contributed by atoms with Gasteiger partial charge < -0.3 is 5.32 Å². The Morgan fingerprint density at radius 2 is 2.11 bits per heavy atom. The summed E-state index contributed by atoms with van der Waals surface area (Å²) in [6.45, 7) is 3.25. The van der Waals surface area contributed by atoms with Crippen molar-refractivity contribution >= 4 is 22.7 Å². The van der Waals surface area contributed by atoms with Crippen LogP contribution in [-0.4, -0.2) is 23.5 Å². The lowest BCUT2D eigenvalue weighted by molar-refractivity contribution is 0.580. The maximum absolute atomic E-state index is 4.54. The molecule has 1 aromatic carbocycles. The fourth-order valence-electron chi connectivity index (χ4n) is 2.15. The van der Waals surface area contributed by atoms with Crippen molar-refractivity contribution in [3.05, 3.63) is 42.1 Å². The first-order chi connectivity index (χ1) is 8.86. The van der Waals surface area contributed by atoms with Gasteiger partial charge in [-0.05, 0) is 30.9 Å². The van der Waals surface area contributed by atoms with Crippen molar-refractivity contribution in [2.75, 3.05) is 18.6 Å². The number of hydrogen-bond acceptors (Lipinski definition) is 3. The lowest BCUT2D eigenvalue weighted by atomic mass is 10.0. The highest BCUT2D eigenvalue weighted by Gasteiger charge is 2.13. The first-order valence-electron chi connectivity index (χ1n) is 6.42. The van der Waals surface area contributed by atoms with Crippen LogP contribution in [0.4, 0.5) is 0 Å². The Hall–Kier alpha value is -1.06. The summed E-state index contributed by atoms with van der Waals surface area (Å²) in [5, 5.41) is 4.84. The number of aromatic nitrogens is 1. The molecule has 2 nitrogen and oxygen atoms in total. The summed E-state index contributed by atoms with van der Waals surface area (Å²) in [7, 11) is 0. The number of rotatable bonds is 6. The Morgan fingerprint density at radius 3 is 2.89 bits per heavy atom. The van der Waals surface area contributed by atoms with E-state index in [1.165, 1.54) is 10.9 Å². The molecule has 0 saturated heterocycles. The molecule has 0 aliphatic carbocycles. The molecular formula is C15H20N2S. The normalized spacial score (nSPS) is 12.8. The lowest BCUT2D eigenvalue weighted by Crippen LogP contribution is -2.24. The van der Waals surface area contributed by atoms with Crippen LogP contribution in [0.2, 0.25) is 0 Å². The Kier molecular flexibility index (Phi) is 5.02. The highest BCUT2D eigenvalue weighted by molar-refractivity contribution is 7.98. The van der Waals surface area contributed by atoms with Crippen LogP contribution >= 0.6 is 11.8 Å². The average molecular weight is 260 g/mol. The van der Waals surface area contributed by atoms with Gasteiger partial charge in [-0.2, -0.15) is 11.8 Å². The Labute approximate surface area is 113 Å². The number of fused-ring (bicyclic) bond motifs is 1. The molecule has 0 aliphatic rings. The van der Waals surface area contributed by atoms with Crippen LogP contribution in [0.3, 0.4) is 0 Å². The maximum atomic E-state index is 4.54. The number of nitrogens with zero attached hydrogens (tertiary/aromatic N) is 1. The van der Waals surface area contributed by atoms with Crippen molar-refractivity contribution in [1.29, 1.82) is 0 Å². The van der Waals surface area contributed by atoms with Crippen molar-refractivity contribution in [2.24, 2.45) is 0 Å². The van der Waals surface area contributed by atoms with E-state index in [0.717, 1.165) is 24.2 Å². The molecule has 0 radical (unpaired) electrons. The molecule has 1 atom stereocenters. The molecule has 0 spiro atoms.